The Bertz CT molecular complexity index is 1120. The summed E-state index contributed by atoms with van der Waals surface area (Å²) in [5.74, 6) is 0.246. The summed E-state index contributed by atoms with van der Waals surface area (Å²) in [6.45, 7) is 2.17. The minimum atomic E-state index is -1.18. The summed E-state index contributed by atoms with van der Waals surface area (Å²) in [6.07, 6.45) is 5.67. The monoisotopic (exact) mass is 486 g/mol. The fourth-order valence-corrected chi connectivity index (χ4v) is 5.67. The minimum absolute atomic E-state index is 0.0284. The molecule has 1 fully saturated rings. The third kappa shape index (κ3) is 5.70. The number of alkyl halides is 1. The zero-order valence-electron chi connectivity index (χ0n) is 19.6. The number of likely N-dealkylation sites (tertiary alicyclic amines) is 1. The number of aromatic nitrogens is 3. The molecule has 34 heavy (non-hydrogen) atoms. The number of hydrogen-bond acceptors (Lipinski definition) is 6. The van der Waals surface area contributed by atoms with Crippen LogP contribution in [-0.4, -0.2) is 63.0 Å². The Morgan fingerprint density at radius 1 is 1.38 bits per heavy atom. The standard InChI is InChI=1S/C25H31FN4O3S/c1-29-16-27-14-24(29)34-12-11-30-10-8-17(21(15-30)25(31)32)3-5-22(26)19-7-9-28-23-6-4-18(33-2)13-20(19)23/h4,6-7,9,13-14,16-17,21-22H,3,5,8,10-12,15H2,1-2H3,(H,31,32)/t17-,21+,22+/m1/s1. The van der Waals surface area contributed by atoms with Crippen LogP contribution in [0.5, 0.6) is 5.75 Å². The molecule has 0 unspecified atom stereocenters. The predicted molar refractivity (Wildman–Crippen MR) is 131 cm³/mol. The van der Waals surface area contributed by atoms with Gasteiger partial charge in [0, 0.05) is 37.5 Å². The van der Waals surface area contributed by atoms with Crippen molar-refractivity contribution in [2.24, 2.45) is 18.9 Å². The van der Waals surface area contributed by atoms with Crippen LogP contribution in [0.2, 0.25) is 0 Å². The van der Waals surface area contributed by atoms with E-state index in [1.165, 1.54) is 0 Å². The number of pyridine rings is 1. The zero-order valence-corrected chi connectivity index (χ0v) is 20.4. The summed E-state index contributed by atoms with van der Waals surface area (Å²) in [4.78, 5) is 22.7. The number of hydrogen-bond donors (Lipinski definition) is 1. The van der Waals surface area contributed by atoms with E-state index in [1.54, 1.807) is 37.5 Å². The van der Waals surface area contributed by atoms with Crippen molar-refractivity contribution in [2.45, 2.75) is 30.5 Å². The Kier molecular flexibility index (Phi) is 8.05. The molecule has 3 heterocycles. The molecule has 9 heteroatoms. The van der Waals surface area contributed by atoms with Crippen LogP contribution in [0.1, 0.15) is 31.0 Å². The largest absolute Gasteiger partial charge is 0.497 e. The maximum absolute atomic E-state index is 15.4. The van der Waals surface area contributed by atoms with E-state index in [0.29, 0.717) is 30.7 Å². The van der Waals surface area contributed by atoms with Crippen molar-refractivity contribution in [1.82, 2.24) is 19.4 Å². The van der Waals surface area contributed by atoms with Crippen molar-refractivity contribution in [3.63, 3.8) is 0 Å². The molecular weight excluding hydrogens is 455 g/mol. The number of methoxy groups -OCH3 is 1. The second kappa shape index (κ2) is 11.2. The average molecular weight is 487 g/mol. The van der Waals surface area contributed by atoms with Gasteiger partial charge in [-0.2, -0.15) is 0 Å². The van der Waals surface area contributed by atoms with Gasteiger partial charge in [-0.3, -0.25) is 9.78 Å². The molecule has 7 nitrogen and oxygen atoms in total. The maximum Gasteiger partial charge on any atom is 0.308 e. The van der Waals surface area contributed by atoms with Gasteiger partial charge in [-0.15, -0.1) is 11.8 Å². The van der Waals surface area contributed by atoms with Gasteiger partial charge in [0.1, 0.15) is 11.9 Å². The van der Waals surface area contributed by atoms with E-state index in [4.69, 9.17) is 4.74 Å². The third-order valence-electron chi connectivity index (χ3n) is 6.70. The van der Waals surface area contributed by atoms with Crippen molar-refractivity contribution in [3.05, 3.63) is 48.5 Å². The number of piperidine rings is 1. The number of fused-ring (bicyclic) bond motifs is 1. The van der Waals surface area contributed by atoms with Gasteiger partial charge in [0.05, 0.1) is 36.1 Å². The van der Waals surface area contributed by atoms with Crippen LogP contribution in [0.15, 0.2) is 48.0 Å². The van der Waals surface area contributed by atoms with Crippen molar-refractivity contribution < 1.29 is 19.0 Å². The van der Waals surface area contributed by atoms with Gasteiger partial charge in [0.15, 0.2) is 0 Å². The normalized spacial score (nSPS) is 19.9. The number of rotatable bonds is 10. The summed E-state index contributed by atoms with van der Waals surface area (Å²) < 4.78 is 22.6. The van der Waals surface area contributed by atoms with E-state index in [9.17, 15) is 9.90 Å². The Labute approximate surface area is 203 Å². The van der Waals surface area contributed by atoms with Crippen LogP contribution in [-0.2, 0) is 11.8 Å². The van der Waals surface area contributed by atoms with E-state index in [1.807, 2.05) is 36.0 Å². The average Bonchev–Trinajstić information content (AvgIpc) is 3.26. The van der Waals surface area contributed by atoms with Crippen molar-refractivity contribution >= 4 is 28.6 Å². The molecule has 1 aromatic carbocycles. The first-order chi connectivity index (χ1) is 16.5. The first kappa shape index (κ1) is 24.5. The molecule has 0 bridgehead atoms. The number of halogens is 1. The molecule has 0 aliphatic carbocycles. The van der Waals surface area contributed by atoms with Gasteiger partial charge < -0.3 is 19.3 Å². The maximum atomic E-state index is 15.4. The number of aliphatic carboxylic acids is 1. The fourth-order valence-electron chi connectivity index (χ4n) is 4.72. The summed E-state index contributed by atoms with van der Waals surface area (Å²) in [7, 11) is 3.55. The van der Waals surface area contributed by atoms with Crippen LogP contribution in [0.25, 0.3) is 10.9 Å². The number of carboxylic acid groups (broad SMARTS) is 1. The van der Waals surface area contributed by atoms with Gasteiger partial charge >= 0.3 is 5.97 Å². The molecule has 1 aliphatic heterocycles. The van der Waals surface area contributed by atoms with Crippen LogP contribution in [0, 0.1) is 11.8 Å². The second-order valence-electron chi connectivity index (χ2n) is 8.81. The highest BCUT2D eigenvalue weighted by Crippen LogP contribution is 2.35. The summed E-state index contributed by atoms with van der Waals surface area (Å²) >= 11 is 1.72. The molecule has 1 aliphatic rings. The fraction of sp³-hybridized carbons (Fsp3) is 0.480. The Morgan fingerprint density at radius 3 is 2.97 bits per heavy atom. The first-order valence-corrected chi connectivity index (χ1v) is 12.6. The molecule has 182 valence electrons. The predicted octanol–water partition coefficient (Wildman–Crippen LogP) is 4.58. The number of imidazole rings is 1. The first-order valence-electron chi connectivity index (χ1n) is 11.6. The molecule has 4 rings (SSSR count). The van der Waals surface area contributed by atoms with E-state index >= 15 is 4.39 Å². The molecule has 1 saturated heterocycles. The van der Waals surface area contributed by atoms with Crippen LogP contribution < -0.4 is 4.74 Å². The number of nitrogens with zero attached hydrogens (tertiary/aromatic N) is 4. The van der Waals surface area contributed by atoms with Gasteiger partial charge in [0.25, 0.3) is 0 Å². The summed E-state index contributed by atoms with van der Waals surface area (Å²) in [6, 6.07) is 7.16. The Morgan fingerprint density at radius 2 is 2.24 bits per heavy atom. The summed E-state index contributed by atoms with van der Waals surface area (Å²) in [5, 5.41) is 11.7. The number of aryl methyl sites for hydroxylation is 1. The molecule has 0 saturated carbocycles. The van der Waals surface area contributed by atoms with E-state index in [-0.39, 0.29) is 5.92 Å². The topological polar surface area (TPSA) is 80.5 Å². The zero-order chi connectivity index (χ0) is 24.1. The van der Waals surface area contributed by atoms with Gasteiger partial charge in [-0.05, 0) is 61.6 Å². The second-order valence-corrected chi connectivity index (χ2v) is 9.93. The Balaban J connectivity index is 1.34. The number of carbonyl (C=O) groups is 1. The van der Waals surface area contributed by atoms with E-state index in [0.717, 1.165) is 41.2 Å². The lowest BCUT2D eigenvalue weighted by molar-refractivity contribution is -0.146. The molecule has 1 N–H and O–H groups in total. The quantitative estimate of drug-likeness (QED) is 0.420. The summed E-state index contributed by atoms with van der Waals surface area (Å²) in [5.41, 5.74) is 1.31. The SMILES string of the molecule is COc1ccc2nccc([C@@H](F)CC[C@@H]3CCN(CCSc4cncn4C)C[C@@H]3C(=O)O)c2c1. The molecule has 0 spiro atoms. The minimum Gasteiger partial charge on any atom is -0.497 e. The van der Waals surface area contributed by atoms with Crippen molar-refractivity contribution in [2.75, 3.05) is 32.5 Å². The Hall–Kier alpha value is -2.65. The van der Waals surface area contributed by atoms with Crippen LogP contribution in [0.3, 0.4) is 0 Å². The van der Waals surface area contributed by atoms with Gasteiger partial charge in [-0.1, -0.05) is 0 Å². The number of thioether (sulfide) groups is 1. The van der Waals surface area contributed by atoms with Crippen LogP contribution >= 0.6 is 11.8 Å². The molecule has 0 amide bonds. The van der Waals surface area contributed by atoms with E-state index in [2.05, 4.69) is 14.9 Å². The lowest BCUT2D eigenvalue weighted by Gasteiger charge is -2.36. The molecular formula is C25H31FN4O3S. The van der Waals surface area contributed by atoms with Crippen molar-refractivity contribution in [1.29, 1.82) is 0 Å². The lowest BCUT2D eigenvalue weighted by Crippen LogP contribution is -2.44. The highest BCUT2D eigenvalue weighted by Gasteiger charge is 2.34. The highest BCUT2D eigenvalue weighted by atomic mass is 32.2. The van der Waals surface area contributed by atoms with E-state index < -0.39 is 18.1 Å². The smallest absolute Gasteiger partial charge is 0.308 e. The highest BCUT2D eigenvalue weighted by molar-refractivity contribution is 7.99. The molecule has 3 aromatic rings. The molecule has 2 aromatic heterocycles. The molecule has 3 atom stereocenters. The number of ether oxygens (including phenoxy) is 1. The van der Waals surface area contributed by atoms with Crippen LogP contribution in [0.4, 0.5) is 4.39 Å². The lowest BCUT2D eigenvalue weighted by atomic mass is 9.81. The number of benzene rings is 1. The molecule has 0 radical (unpaired) electrons. The number of carboxylic acids is 1. The van der Waals surface area contributed by atoms with Gasteiger partial charge in [-0.25, -0.2) is 9.37 Å². The third-order valence-corrected chi connectivity index (χ3v) is 7.77. The van der Waals surface area contributed by atoms with Crippen molar-refractivity contribution in [3.8, 4) is 5.75 Å². The van der Waals surface area contributed by atoms with Gasteiger partial charge in [0.2, 0.25) is 0 Å².